The minimum absolute atomic E-state index is 0.0245. The zero-order chi connectivity index (χ0) is 18.9. The van der Waals surface area contributed by atoms with Crippen molar-refractivity contribution in [3.05, 3.63) is 28.3 Å². The summed E-state index contributed by atoms with van der Waals surface area (Å²) in [4.78, 5) is 31.7. The molecule has 9 nitrogen and oxygen atoms in total. The molecule has 1 aliphatic rings. The fourth-order valence-corrected chi connectivity index (χ4v) is 2.93. The van der Waals surface area contributed by atoms with E-state index < -0.39 is 10.5 Å². The molecule has 1 fully saturated rings. The number of amides is 1. The normalized spacial score (nSPS) is 17.5. The highest BCUT2D eigenvalue weighted by molar-refractivity contribution is 5.79. The molecule has 9 heteroatoms. The molecule has 0 unspecified atom stereocenters. The Hall–Kier alpha value is -2.84. The maximum atomic E-state index is 12.1. The Kier molecular flexibility index (Phi) is 4.71. The Morgan fingerprint density at radius 2 is 2.27 bits per heavy atom. The Labute approximate surface area is 150 Å². The van der Waals surface area contributed by atoms with Gasteiger partial charge in [0.05, 0.1) is 16.0 Å². The van der Waals surface area contributed by atoms with Gasteiger partial charge < -0.3 is 19.9 Å². The molecule has 1 aliphatic heterocycles. The first-order valence-corrected chi connectivity index (χ1v) is 8.57. The molecule has 0 aliphatic carbocycles. The molecule has 0 bridgehead atoms. The smallest absolute Gasteiger partial charge is 0.410 e. The van der Waals surface area contributed by atoms with Gasteiger partial charge in [-0.3, -0.25) is 10.1 Å². The van der Waals surface area contributed by atoms with Crippen LogP contribution < -0.4 is 5.32 Å². The van der Waals surface area contributed by atoms with Gasteiger partial charge in [0, 0.05) is 31.8 Å². The van der Waals surface area contributed by atoms with Crippen LogP contribution in [0.5, 0.6) is 0 Å². The number of non-ortho nitro benzene ring substituents is 1. The van der Waals surface area contributed by atoms with Gasteiger partial charge in [0.2, 0.25) is 5.95 Å². The number of benzene rings is 1. The second kappa shape index (κ2) is 6.81. The summed E-state index contributed by atoms with van der Waals surface area (Å²) >= 11 is 0. The zero-order valence-electron chi connectivity index (χ0n) is 15.1. The fraction of sp³-hybridized carbons (Fsp3) is 0.529. The highest BCUT2D eigenvalue weighted by atomic mass is 16.6. The number of fused-ring (bicyclic) bond motifs is 1. The number of anilines is 1. The third-order valence-corrected chi connectivity index (χ3v) is 4.17. The summed E-state index contributed by atoms with van der Waals surface area (Å²) in [6.45, 7) is 7.52. The number of nitrogens with one attached hydrogen (secondary N) is 2. The highest BCUT2D eigenvalue weighted by Crippen LogP contribution is 2.22. The molecule has 2 heterocycles. The largest absolute Gasteiger partial charge is 0.444 e. The first-order valence-electron chi connectivity index (χ1n) is 8.57. The Bertz CT molecular complexity index is 826. The number of likely N-dealkylation sites (tertiary alicyclic amines) is 1. The van der Waals surface area contributed by atoms with Crippen LogP contribution in [0.2, 0.25) is 0 Å². The van der Waals surface area contributed by atoms with Gasteiger partial charge in [-0.05, 0) is 39.2 Å². The lowest BCUT2D eigenvalue weighted by Gasteiger charge is -2.24. The predicted octanol–water partition coefficient (Wildman–Crippen LogP) is 3.14. The van der Waals surface area contributed by atoms with Crippen LogP contribution in [-0.2, 0) is 4.74 Å². The highest BCUT2D eigenvalue weighted by Gasteiger charge is 2.29. The van der Waals surface area contributed by atoms with E-state index in [-0.39, 0.29) is 11.8 Å². The van der Waals surface area contributed by atoms with Crippen molar-refractivity contribution < 1.29 is 14.5 Å². The minimum Gasteiger partial charge on any atom is -0.444 e. The van der Waals surface area contributed by atoms with Crippen LogP contribution >= 0.6 is 0 Å². The average molecular weight is 361 g/mol. The van der Waals surface area contributed by atoms with Crippen LogP contribution in [0.25, 0.3) is 11.0 Å². The molecule has 140 valence electrons. The Morgan fingerprint density at radius 1 is 1.50 bits per heavy atom. The van der Waals surface area contributed by atoms with Gasteiger partial charge in [0.1, 0.15) is 5.60 Å². The minimum atomic E-state index is -0.496. The van der Waals surface area contributed by atoms with Crippen LogP contribution in [0.4, 0.5) is 16.4 Å². The molecular weight excluding hydrogens is 338 g/mol. The van der Waals surface area contributed by atoms with Crippen molar-refractivity contribution in [1.82, 2.24) is 14.9 Å². The summed E-state index contributed by atoms with van der Waals surface area (Å²) in [6.07, 6.45) is 0.605. The van der Waals surface area contributed by atoms with Crippen molar-refractivity contribution in [2.75, 3.05) is 25.0 Å². The first kappa shape index (κ1) is 18.0. The number of aromatic amines is 1. The van der Waals surface area contributed by atoms with Crippen molar-refractivity contribution in [1.29, 1.82) is 0 Å². The summed E-state index contributed by atoms with van der Waals surface area (Å²) in [5, 5.41) is 14.1. The van der Waals surface area contributed by atoms with E-state index in [0.29, 0.717) is 42.5 Å². The topological polar surface area (TPSA) is 113 Å². The van der Waals surface area contributed by atoms with E-state index >= 15 is 0 Å². The van der Waals surface area contributed by atoms with E-state index in [1.54, 1.807) is 11.0 Å². The standard InChI is InChI=1S/C17H23N5O4/c1-17(2,3)26-16(23)21-7-6-11(10-21)9-18-15-19-13-5-4-12(22(24)25)8-14(13)20-15/h4-5,8,11H,6-7,9-10H2,1-3H3,(H2,18,19,20)/t11-/m0/s1. The fourth-order valence-electron chi connectivity index (χ4n) is 2.93. The summed E-state index contributed by atoms with van der Waals surface area (Å²) in [5.74, 6) is 0.862. The van der Waals surface area contributed by atoms with Crippen LogP contribution in [0.3, 0.4) is 0 Å². The monoisotopic (exact) mass is 361 g/mol. The molecule has 1 aromatic carbocycles. The first-order chi connectivity index (χ1) is 12.2. The summed E-state index contributed by atoms with van der Waals surface area (Å²) in [6, 6.07) is 4.52. The molecule has 26 heavy (non-hydrogen) atoms. The van der Waals surface area contributed by atoms with Gasteiger partial charge in [-0.1, -0.05) is 0 Å². The van der Waals surface area contributed by atoms with Crippen molar-refractivity contribution >= 4 is 28.8 Å². The van der Waals surface area contributed by atoms with E-state index in [4.69, 9.17) is 4.74 Å². The SMILES string of the molecule is CC(C)(C)OC(=O)N1CC[C@@H](CNc2nc3ccc([N+](=O)[O-])cc3[nH]2)C1. The molecule has 1 saturated heterocycles. The van der Waals surface area contributed by atoms with Crippen molar-refractivity contribution in [2.24, 2.45) is 5.92 Å². The number of carbonyl (C=O) groups excluding carboxylic acids is 1. The number of nitro groups is 1. The predicted molar refractivity (Wildman–Crippen MR) is 97.2 cm³/mol. The van der Waals surface area contributed by atoms with E-state index in [9.17, 15) is 14.9 Å². The maximum Gasteiger partial charge on any atom is 0.410 e. The number of hydrogen-bond acceptors (Lipinski definition) is 6. The van der Waals surface area contributed by atoms with E-state index in [1.807, 2.05) is 20.8 Å². The van der Waals surface area contributed by atoms with Gasteiger partial charge in [0.25, 0.3) is 5.69 Å². The molecule has 1 amide bonds. The summed E-state index contributed by atoms with van der Waals surface area (Å²) in [7, 11) is 0. The molecular formula is C17H23N5O4. The molecule has 2 N–H and O–H groups in total. The van der Waals surface area contributed by atoms with E-state index in [1.165, 1.54) is 12.1 Å². The van der Waals surface area contributed by atoms with Gasteiger partial charge in [-0.15, -0.1) is 0 Å². The van der Waals surface area contributed by atoms with Gasteiger partial charge >= 0.3 is 6.09 Å². The maximum absolute atomic E-state index is 12.1. The lowest BCUT2D eigenvalue weighted by atomic mass is 10.1. The van der Waals surface area contributed by atoms with Gasteiger partial charge in [0.15, 0.2) is 0 Å². The molecule has 1 atom stereocenters. The second-order valence-electron chi connectivity index (χ2n) is 7.51. The summed E-state index contributed by atoms with van der Waals surface area (Å²) < 4.78 is 5.40. The van der Waals surface area contributed by atoms with Crippen LogP contribution in [0.1, 0.15) is 27.2 Å². The Balaban J connectivity index is 1.56. The number of nitro benzene ring substituents is 1. The van der Waals surface area contributed by atoms with Crippen molar-refractivity contribution in [3.8, 4) is 0 Å². The number of rotatable bonds is 4. The molecule has 0 radical (unpaired) electrons. The van der Waals surface area contributed by atoms with Gasteiger partial charge in [-0.25, -0.2) is 9.78 Å². The second-order valence-corrected chi connectivity index (χ2v) is 7.51. The van der Waals surface area contributed by atoms with Crippen LogP contribution in [0, 0.1) is 16.0 Å². The lowest BCUT2D eigenvalue weighted by Crippen LogP contribution is -2.35. The van der Waals surface area contributed by atoms with Crippen molar-refractivity contribution in [2.45, 2.75) is 32.8 Å². The van der Waals surface area contributed by atoms with Crippen molar-refractivity contribution in [3.63, 3.8) is 0 Å². The van der Waals surface area contributed by atoms with Gasteiger partial charge in [-0.2, -0.15) is 0 Å². The number of ether oxygens (including phenoxy) is 1. The third kappa shape index (κ3) is 4.22. The molecule has 1 aromatic heterocycles. The number of hydrogen-bond donors (Lipinski definition) is 2. The quantitative estimate of drug-likeness (QED) is 0.639. The number of carbonyl (C=O) groups is 1. The number of H-pyrrole nitrogens is 1. The third-order valence-electron chi connectivity index (χ3n) is 4.17. The number of imidazole rings is 1. The average Bonchev–Trinajstić information content (AvgIpc) is 3.17. The molecule has 0 saturated carbocycles. The lowest BCUT2D eigenvalue weighted by molar-refractivity contribution is -0.384. The number of nitrogens with zero attached hydrogens (tertiary/aromatic N) is 3. The van der Waals surface area contributed by atoms with Crippen LogP contribution in [-0.4, -0.2) is 51.1 Å². The summed E-state index contributed by atoms with van der Waals surface area (Å²) in [5.41, 5.74) is 0.810. The molecule has 2 aromatic rings. The molecule has 0 spiro atoms. The Morgan fingerprint density at radius 3 is 2.96 bits per heavy atom. The zero-order valence-corrected chi connectivity index (χ0v) is 15.1. The number of aromatic nitrogens is 2. The van der Waals surface area contributed by atoms with E-state index in [2.05, 4.69) is 15.3 Å². The van der Waals surface area contributed by atoms with Crippen LogP contribution in [0.15, 0.2) is 18.2 Å². The molecule has 3 rings (SSSR count). The van der Waals surface area contributed by atoms with E-state index in [0.717, 1.165) is 6.42 Å².